The van der Waals surface area contributed by atoms with E-state index >= 15 is 0 Å². The van der Waals surface area contributed by atoms with Gasteiger partial charge in [-0.3, -0.25) is 24.2 Å². The summed E-state index contributed by atoms with van der Waals surface area (Å²) in [6.07, 6.45) is 5.91. The minimum absolute atomic E-state index is 0.0307. The van der Waals surface area contributed by atoms with Crippen LogP contribution in [0.4, 0.5) is 0 Å². The third kappa shape index (κ3) is 7.70. The fourth-order valence-corrected chi connectivity index (χ4v) is 6.77. The Hall–Kier alpha value is -4.25. The fraction of sp³-hybridized carbons (Fsp3) is 0.500. The molecule has 3 amide bonds. The van der Waals surface area contributed by atoms with Crippen molar-refractivity contribution in [1.29, 1.82) is 0 Å². The molecule has 11 nitrogen and oxygen atoms in total. The number of nitrogens with zero attached hydrogens (tertiary/aromatic N) is 3. The highest BCUT2D eigenvalue weighted by Gasteiger charge is 2.38. The number of carbonyl (C=O) groups excluding carboxylic acids is 4. The molecule has 0 aromatic heterocycles. The number of nitrogens with one attached hydrogen (secondary N) is 1. The van der Waals surface area contributed by atoms with Crippen LogP contribution in [0, 0.1) is 0 Å². The number of nitrogens with two attached hydrogens (primary N) is 3. The number of rotatable bonds is 12. The zero-order valence-electron chi connectivity index (χ0n) is 25.9. The number of fused-ring (bicyclic) bond motifs is 3. The summed E-state index contributed by atoms with van der Waals surface area (Å²) in [5.41, 5.74) is 22.9. The number of amides is 3. The highest BCUT2D eigenvalue weighted by atomic mass is 16.2. The van der Waals surface area contributed by atoms with Gasteiger partial charge in [0, 0.05) is 39.0 Å². The van der Waals surface area contributed by atoms with Gasteiger partial charge in [0.1, 0.15) is 12.1 Å². The summed E-state index contributed by atoms with van der Waals surface area (Å²) in [4.78, 5) is 60.6. The van der Waals surface area contributed by atoms with Crippen LogP contribution in [0.5, 0.6) is 0 Å². The standard InChI is InChI=1S/C34H45N7O4/c35-31(23-12-13-26-24(21-23)20-22-8-2-3-9-25(22)26)33(45)41-19-7-11-28(41)32(44)39-27(10-6-16-38-34(36)37)29(42)14-15-30(43)40-17-4-1-5-18-40/h2-3,8-9,12-13,21,27-28,31H,1,4-7,10-11,14-20,35H2,(H,39,44)(H4,36,37,38)/t27?,28-,31?/m0/s1. The van der Waals surface area contributed by atoms with Gasteiger partial charge in [-0.05, 0) is 79.2 Å². The summed E-state index contributed by atoms with van der Waals surface area (Å²) >= 11 is 0. The van der Waals surface area contributed by atoms with E-state index in [0.29, 0.717) is 44.3 Å². The van der Waals surface area contributed by atoms with Gasteiger partial charge in [0.05, 0.1) is 6.04 Å². The van der Waals surface area contributed by atoms with Gasteiger partial charge in [-0.25, -0.2) is 0 Å². The van der Waals surface area contributed by atoms with Crippen LogP contribution in [0.25, 0.3) is 11.1 Å². The molecule has 0 spiro atoms. The minimum atomic E-state index is -0.912. The lowest BCUT2D eigenvalue weighted by molar-refractivity contribution is -0.140. The molecule has 7 N–H and O–H groups in total. The van der Waals surface area contributed by atoms with Crippen molar-refractivity contribution < 1.29 is 19.2 Å². The van der Waals surface area contributed by atoms with Crippen molar-refractivity contribution in [2.45, 2.75) is 82.3 Å². The van der Waals surface area contributed by atoms with Crippen molar-refractivity contribution in [3.8, 4) is 11.1 Å². The maximum absolute atomic E-state index is 13.7. The number of guanidine groups is 1. The van der Waals surface area contributed by atoms with Crippen LogP contribution in [0.2, 0.25) is 0 Å². The summed E-state index contributed by atoms with van der Waals surface area (Å²) < 4.78 is 0. The average molecular weight is 616 g/mol. The van der Waals surface area contributed by atoms with E-state index < -0.39 is 18.1 Å². The lowest BCUT2D eigenvalue weighted by atomic mass is 9.99. The smallest absolute Gasteiger partial charge is 0.244 e. The predicted octanol–water partition coefficient (Wildman–Crippen LogP) is 2.15. The molecule has 3 aliphatic rings. The monoisotopic (exact) mass is 615 g/mol. The molecule has 5 rings (SSSR count). The number of hydrogen-bond donors (Lipinski definition) is 4. The van der Waals surface area contributed by atoms with E-state index in [0.717, 1.165) is 49.9 Å². The van der Waals surface area contributed by atoms with E-state index in [-0.39, 0.29) is 42.3 Å². The van der Waals surface area contributed by atoms with Crippen molar-refractivity contribution in [2.75, 3.05) is 26.2 Å². The van der Waals surface area contributed by atoms with Gasteiger partial charge in [0.25, 0.3) is 0 Å². The summed E-state index contributed by atoms with van der Waals surface area (Å²) in [7, 11) is 0. The first-order valence-corrected chi connectivity index (χ1v) is 16.2. The number of ketones is 1. The van der Waals surface area contributed by atoms with Crippen LogP contribution >= 0.6 is 0 Å². The molecule has 2 aliphatic heterocycles. The summed E-state index contributed by atoms with van der Waals surface area (Å²) in [5.74, 6) is -1.000. The third-order valence-corrected chi connectivity index (χ3v) is 9.23. The number of carbonyl (C=O) groups is 4. The molecule has 11 heteroatoms. The van der Waals surface area contributed by atoms with Crippen molar-refractivity contribution in [2.24, 2.45) is 22.2 Å². The van der Waals surface area contributed by atoms with Crippen LogP contribution in [0.1, 0.15) is 80.5 Å². The molecular weight excluding hydrogens is 570 g/mol. The van der Waals surface area contributed by atoms with Crippen LogP contribution in [0.15, 0.2) is 47.5 Å². The molecule has 3 atom stereocenters. The van der Waals surface area contributed by atoms with Gasteiger partial charge in [0.15, 0.2) is 11.7 Å². The van der Waals surface area contributed by atoms with Crippen molar-refractivity contribution >= 4 is 29.5 Å². The number of likely N-dealkylation sites (tertiary alicyclic amines) is 2. The minimum Gasteiger partial charge on any atom is -0.370 e. The second-order valence-corrected chi connectivity index (χ2v) is 12.3. The number of Topliss-reactive ketones (excluding diaryl/α,β-unsaturated/α-hetero) is 1. The van der Waals surface area contributed by atoms with Gasteiger partial charge < -0.3 is 32.3 Å². The second kappa shape index (κ2) is 14.7. The maximum Gasteiger partial charge on any atom is 0.244 e. The molecule has 2 aromatic carbocycles. The second-order valence-electron chi connectivity index (χ2n) is 12.3. The number of piperidine rings is 1. The molecule has 0 radical (unpaired) electrons. The Morgan fingerprint density at radius 1 is 0.911 bits per heavy atom. The molecule has 2 unspecified atom stereocenters. The predicted molar refractivity (Wildman–Crippen MR) is 173 cm³/mol. The van der Waals surface area contributed by atoms with Gasteiger partial charge >= 0.3 is 0 Å². The Morgan fingerprint density at radius 2 is 1.67 bits per heavy atom. The normalized spacial score (nSPS) is 18.5. The summed E-state index contributed by atoms with van der Waals surface area (Å²) in [5, 5.41) is 2.90. The Labute approximate surface area is 264 Å². The first-order chi connectivity index (χ1) is 21.7. The molecular formula is C34H45N7O4. The topological polar surface area (TPSA) is 177 Å². The van der Waals surface area contributed by atoms with Crippen molar-refractivity contribution in [3.05, 3.63) is 59.2 Å². The summed E-state index contributed by atoms with van der Waals surface area (Å²) in [6.45, 7) is 2.16. The zero-order chi connectivity index (χ0) is 31.9. The third-order valence-electron chi connectivity index (χ3n) is 9.23. The lowest BCUT2D eigenvalue weighted by Crippen LogP contribution is -2.52. The molecule has 240 valence electrons. The molecule has 0 saturated carbocycles. The van der Waals surface area contributed by atoms with E-state index in [1.54, 1.807) is 4.90 Å². The molecule has 2 fully saturated rings. The molecule has 1 aliphatic carbocycles. The van der Waals surface area contributed by atoms with E-state index in [1.807, 2.05) is 35.2 Å². The van der Waals surface area contributed by atoms with Crippen LogP contribution < -0.4 is 22.5 Å². The molecule has 2 aromatic rings. The van der Waals surface area contributed by atoms with Crippen LogP contribution in [0.3, 0.4) is 0 Å². The van der Waals surface area contributed by atoms with E-state index in [4.69, 9.17) is 17.2 Å². The Balaban J connectivity index is 1.22. The van der Waals surface area contributed by atoms with Crippen molar-refractivity contribution in [1.82, 2.24) is 15.1 Å². The maximum atomic E-state index is 13.7. The van der Waals surface area contributed by atoms with Gasteiger partial charge in [-0.15, -0.1) is 0 Å². The largest absolute Gasteiger partial charge is 0.370 e. The first kappa shape index (κ1) is 32.2. The van der Waals surface area contributed by atoms with E-state index in [1.165, 1.54) is 11.1 Å². The van der Waals surface area contributed by atoms with Gasteiger partial charge in [0.2, 0.25) is 17.7 Å². The Kier molecular flexibility index (Phi) is 10.5. The van der Waals surface area contributed by atoms with Crippen LogP contribution in [-0.4, -0.2) is 77.5 Å². The molecule has 0 bridgehead atoms. The van der Waals surface area contributed by atoms with Crippen molar-refractivity contribution in [3.63, 3.8) is 0 Å². The first-order valence-electron chi connectivity index (χ1n) is 16.2. The number of benzene rings is 2. The van der Waals surface area contributed by atoms with E-state index in [9.17, 15) is 19.2 Å². The van der Waals surface area contributed by atoms with E-state index in [2.05, 4.69) is 22.4 Å². The zero-order valence-corrected chi connectivity index (χ0v) is 25.9. The molecule has 2 saturated heterocycles. The molecule has 45 heavy (non-hydrogen) atoms. The highest BCUT2D eigenvalue weighted by Crippen LogP contribution is 2.37. The average Bonchev–Trinajstić information content (AvgIpc) is 3.69. The number of aliphatic imine (C=N–C) groups is 1. The Bertz CT molecular complexity index is 1450. The highest BCUT2D eigenvalue weighted by molar-refractivity contribution is 5.95. The van der Waals surface area contributed by atoms with Gasteiger partial charge in [-0.1, -0.05) is 42.5 Å². The lowest BCUT2D eigenvalue weighted by Gasteiger charge is -2.29. The molecule has 2 heterocycles. The quantitative estimate of drug-likeness (QED) is 0.137. The Morgan fingerprint density at radius 3 is 2.44 bits per heavy atom. The summed E-state index contributed by atoms with van der Waals surface area (Å²) in [6, 6.07) is 11.7. The van der Waals surface area contributed by atoms with Gasteiger partial charge in [-0.2, -0.15) is 0 Å². The number of hydrogen-bond acceptors (Lipinski definition) is 6. The SMILES string of the molecule is NC(N)=NCCCC(NC(=O)[C@@H]1CCCN1C(=O)C(N)c1ccc2c(c1)Cc1ccccc1-2)C(=O)CCC(=O)N1CCCCC1. The van der Waals surface area contributed by atoms with Crippen LogP contribution in [-0.2, 0) is 25.6 Å². The fourth-order valence-electron chi connectivity index (χ4n) is 6.77.